The maximum Gasteiger partial charge on any atom is 0.251 e. The van der Waals surface area contributed by atoms with Crippen LogP contribution in [0, 0.1) is 5.92 Å². The summed E-state index contributed by atoms with van der Waals surface area (Å²) in [4.78, 5) is 19.7. The molecule has 9 heteroatoms. The molecule has 4 aliphatic rings. The van der Waals surface area contributed by atoms with Crippen molar-refractivity contribution in [2.45, 2.75) is 49.4 Å². The van der Waals surface area contributed by atoms with Crippen LogP contribution in [0.5, 0.6) is 0 Å². The lowest BCUT2D eigenvalue weighted by Gasteiger charge is -2.23. The average Bonchev–Trinajstić information content (AvgIpc) is 3.50. The normalized spacial score (nSPS) is 30.3. The number of hydrogen-bond acceptors (Lipinski definition) is 7. The van der Waals surface area contributed by atoms with Gasteiger partial charge in [-0.15, -0.1) is 0 Å². The van der Waals surface area contributed by atoms with Gasteiger partial charge >= 0.3 is 0 Å². The molecule has 0 radical (unpaired) electrons. The first-order valence-corrected chi connectivity index (χ1v) is 14.0. The molecule has 5 rings (SSSR count). The number of sulfone groups is 1. The number of carbonyl (C=O) groups is 1. The van der Waals surface area contributed by atoms with Crippen molar-refractivity contribution in [1.82, 2.24) is 10.2 Å². The van der Waals surface area contributed by atoms with Gasteiger partial charge < -0.3 is 15.5 Å². The van der Waals surface area contributed by atoms with Crippen LogP contribution in [0.15, 0.2) is 29.3 Å². The fourth-order valence-electron chi connectivity index (χ4n) is 5.21. The molecule has 3 unspecified atom stereocenters. The second-order valence-electron chi connectivity index (χ2n) is 9.24. The standard InChI is InChI=1S/C22H30N4O3S2/c27-21(23-11-15-9-10-26(12-15)18-3-1-2-4-18)16-5-7-17(8-6-16)24-22-25-19-13-31(28,29)14-20(19)30-22/h5-8,15,18-20H,1-4,9-14H2,(H,23,27)(H,24,25). The minimum absolute atomic E-state index is 0.0257. The Balaban J connectivity index is 1.09. The monoisotopic (exact) mass is 462 g/mol. The van der Waals surface area contributed by atoms with E-state index in [4.69, 9.17) is 0 Å². The summed E-state index contributed by atoms with van der Waals surface area (Å²) in [5.41, 5.74) is 1.51. The molecule has 1 amide bonds. The van der Waals surface area contributed by atoms with E-state index >= 15 is 0 Å². The zero-order valence-corrected chi connectivity index (χ0v) is 19.3. The van der Waals surface area contributed by atoms with Crippen molar-refractivity contribution in [2.24, 2.45) is 10.9 Å². The fourth-order valence-corrected chi connectivity index (χ4v) is 8.89. The van der Waals surface area contributed by atoms with Crippen LogP contribution in [0.4, 0.5) is 5.69 Å². The number of nitrogens with one attached hydrogen (secondary N) is 2. The Hall–Kier alpha value is -1.58. The number of thioether (sulfide) groups is 1. The van der Waals surface area contributed by atoms with E-state index in [1.54, 1.807) is 0 Å². The Labute approximate surface area is 188 Å². The van der Waals surface area contributed by atoms with Crippen molar-refractivity contribution in [3.8, 4) is 0 Å². The molecule has 3 aliphatic heterocycles. The van der Waals surface area contributed by atoms with E-state index in [0.717, 1.165) is 30.0 Å². The Morgan fingerprint density at radius 2 is 1.90 bits per heavy atom. The van der Waals surface area contributed by atoms with Gasteiger partial charge in [0.15, 0.2) is 15.0 Å². The number of benzene rings is 1. The summed E-state index contributed by atoms with van der Waals surface area (Å²) in [5.74, 6) is 0.869. The number of anilines is 1. The molecule has 31 heavy (non-hydrogen) atoms. The molecule has 0 spiro atoms. The number of carbonyl (C=O) groups excluding carboxylic acids is 1. The van der Waals surface area contributed by atoms with Gasteiger partial charge in [0, 0.05) is 35.6 Å². The van der Waals surface area contributed by atoms with Crippen LogP contribution in [0.2, 0.25) is 0 Å². The summed E-state index contributed by atoms with van der Waals surface area (Å²) in [6.45, 7) is 3.01. The summed E-state index contributed by atoms with van der Waals surface area (Å²) >= 11 is 1.50. The van der Waals surface area contributed by atoms with Crippen LogP contribution in [0.1, 0.15) is 42.5 Å². The topological polar surface area (TPSA) is 90.9 Å². The zero-order chi connectivity index (χ0) is 21.4. The van der Waals surface area contributed by atoms with E-state index in [1.807, 2.05) is 24.3 Å². The quantitative estimate of drug-likeness (QED) is 0.698. The van der Waals surface area contributed by atoms with Gasteiger partial charge in [0.1, 0.15) is 0 Å². The molecule has 3 heterocycles. The molecule has 2 N–H and O–H groups in total. The Bertz CT molecular complexity index is 957. The van der Waals surface area contributed by atoms with Gasteiger partial charge in [-0.2, -0.15) is 0 Å². The van der Waals surface area contributed by atoms with Crippen LogP contribution in [0.25, 0.3) is 0 Å². The number of amidine groups is 1. The molecule has 7 nitrogen and oxygen atoms in total. The van der Waals surface area contributed by atoms with Gasteiger partial charge in [0.2, 0.25) is 0 Å². The minimum Gasteiger partial charge on any atom is -0.352 e. The van der Waals surface area contributed by atoms with Crippen LogP contribution < -0.4 is 10.6 Å². The summed E-state index contributed by atoms with van der Waals surface area (Å²) in [6.07, 6.45) is 6.57. The maximum atomic E-state index is 12.6. The van der Waals surface area contributed by atoms with Crippen molar-refractivity contribution >= 4 is 38.4 Å². The second kappa shape index (κ2) is 8.75. The van der Waals surface area contributed by atoms with Crippen molar-refractivity contribution in [1.29, 1.82) is 0 Å². The van der Waals surface area contributed by atoms with Gasteiger partial charge in [-0.1, -0.05) is 24.6 Å². The van der Waals surface area contributed by atoms with Crippen molar-refractivity contribution < 1.29 is 13.2 Å². The predicted octanol–water partition coefficient (Wildman–Crippen LogP) is 2.36. The van der Waals surface area contributed by atoms with E-state index < -0.39 is 9.84 Å². The lowest BCUT2D eigenvalue weighted by molar-refractivity contribution is 0.0947. The van der Waals surface area contributed by atoms with E-state index in [9.17, 15) is 13.2 Å². The molecule has 0 bridgehead atoms. The SMILES string of the molecule is O=C(NCC1CCN(C2CCCC2)C1)c1ccc(NC2=NC3CS(=O)(=O)CC3S2)cc1. The van der Waals surface area contributed by atoms with Gasteiger partial charge in [-0.25, -0.2) is 8.42 Å². The number of aliphatic imine (C=N–C) groups is 1. The van der Waals surface area contributed by atoms with Crippen molar-refractivity contribution in [3.63, 3.8) is 0 Å². The fraction of sp³-hybridized carbons (Fsp3) is 0.636. The Kier molecular flexibility index (Phi) is 6.00. The van der Waals surface area contributed by atoms with Crippen LogP contribution >= 0.6 is 11.8 Å². The van der Waals surface area contributed by atoms with Crippen LogP contribution in [-0.2, 0) is 9.84 Å². The molecule has 1 aliphatic carbocycles. The highest BCUT2D eigenvalue weighted by molar-refractivity contribution is 8.15. The molecule has 1 aromatic rings. The third-order valence-electron chi connectivity index (χ3n) is 6.93. The summed E-state index contributed by atoms with van der Waals surface area (Å²) in [5, 5.41) is 7.15. The first kappa shape index (κ1) is 21.3. The largest absolute Gasteiger partial charge is 0.352 e. The highest BCUT2D eigenvalue weighted by Crippen LogP contribution is 2.34. The zero-order valence-electron chi connectivity index (χ0n) is 17.6. The Morgan fingerprint density at radius 3 is 2.65 bits per heavy atom. The maximum absolute atomic E-state index is 12.6. The predicted molar refractivity (Wildman–Crippen MR) is 126 cm³/mol. The lowest BCUT2D eigenvalue weighted by Crippen LogP contribution is -2.34. The smallest absolute Gasteiger partial charge is 0.251 e. The van der Waals surface area contributed by atoms with Gasteiger partial charge in [-0.05, 0) is 56.0 Å². The first-order valence-electron chi connectivity index (χ1n) is 11.3. The summed E-state index contributed by atoms with van der Waals surface area (Å²) < 4.78 is 23.4. The highest BCUT2D eigenvalue weighted by atomic mass is 32.2. The molecule has 0 aromatic heterocycles. The molecular formula is C22H30N4O3S2. The molecule has 3 atom stereocenters. The number of hydrogen-bond donors (Lipinski definition) is 2. The molecule has 1 saturated carbocycles. The van der Waals surface area contributed by atoms with Gasteiger partial charge in [0.05, 0.1) is 17.5 Å². The van der Waals surface area contributed by atoms with E-state index in [1.165, 1.54) is 50.4 Å². The second-order valence-corrected chi connectivity index (χ2v) is 12.6. The van der Waals surface area contributed by atoms with Crippen LogP contribution in [0.3, 0.4) is 0 Å². The van der Waals surface area contributed by atoms with Gasteiger partial charge in [0.25, 0.3) is 5.91 Å². The minimum atomic E-state index is -2.94. The van der Waals surface area contributed by atoms with Crippen molar-refractivity contribution in [2.75, 3.05) is 36.5 Å². The molecule has 168 valence electrons. The first-order chi connectivity index (χ1) is 14.9. The summed E-state index contributed by atoms with van der Waals surface area (Å²) in [6, 6.07) is 8.03. The average molecular weight is 463 g/mol. The third kappa shape index (κ3) is 4.93. The number of amides is 1. The number of likely N-dealkylation sites (tertiary alicyclic amines) is 1. The highest BCUT2D eigenvalue weighted by Gasteiger charge is 2.42. The van der Waals surface area contributed by atoms with E-state index in [-0.39, 0.29) is 28.7 Å². The molecular weight excluding hydrogens is 432 g/mol. The van der Waals surface area contributed by atoms with Crippen LogP contribution in [-0.4, -0.2) is 72.9 Å². The van der Waals surface area contributed by atoms with E-state index in [0.29, 0.717) is 11.5 Å². The summed E-state index contributed by atoms with van der Waals surface area (Å²) in [7, 11) is -2.94. The number of nitrogens with zero attached hydrogens (tertiary/aromatic N) is 2. The Morgan fingerprint density at radius 1 is 1.13 bits per heavy atom. The molecule has 3 fully saturated rings. The number of fused-ring (bicyclic) bond motifs is 1. The van der Waals surface area contributed by atoms with Crippen molar-refractivity contribution in [3.05, 3.63) is 29.8 Å². The lowest BCUT2D eigenvalue weighted by atomic mass is 10.1. The number of rotatable bonds is 5. The third-order valence-corrected chi connectivity index (χ3v) is 10.1. The van der Waals surface area contributed by atoms with E-state index in [2.05, 4.69) is 20.5 Å². The molecule has 2 saturated heterocycles. The molecule has 1 aromatic carbocycles. The van der Waals surface area contributed by atoms with Gasteiger partial charge in [-0.3, -0.25) is 9.79 Å².